The molecule has 3 rings (SSSR count). The lowest BCUT2D eigenvalue weighted by Crippen LogP contribution is -2.52. The van der Waals surface area contributed by atoms with Crippen LogP contribution in [0.3, 0.4) is 0 Å². The number of rotatable bonds is 4. The molecular formula is C18H31N7O5. The molecule has 1 atom stereocenters. The van der Waals surface area contributed by atoms with Crippen LogP contribution in [0.1, 0.15) is 5.56 Å². The summed E-state index contributed by atoms with van der Waals surface area (Å²) in [5, 5.41) is 14.9. The van der Waals surface area contributed by atoms with E-state index in [9.17, 15) is 19.2 Å². The van der Waals surface area contributed by atoms with E-state index in [1.165, 1.54) is 10.8 Å². The van der Waals surface area contributed by atoms with Crippen LogP contribution in [-0.2, 0) is 16.1 Å². The first-order valence-electron chi connectivity index (χ1n) is 9.98. The maximum Gasteiger partial charge on any atom is 0.328 e. The number of H-pyrrole nitrogens is 1. The van der Waals surface area contributed by atoms with Gasteiger partial charge >= 0.3 is 5.69 Å². The van der Waals surface area contributed by atoms with Crippen LogP contribution < -0.4 is 27.6 Å². The number of aliphatic hydroxyl groups is 1. The fourth-order valence-electron chi connectivity index (χ4n) is 3.09. The molecule has 0 saturated carbocycles. The number of carbonyl (C=O) groups is 2. The molecule has 12 nitrogen and oxygen atoms in total. The first-order valence-corrected chi connectivity index (χ1v) is 9.98. The van der Waals surface area contributed by atoms with Gasteiger partial charge in [-0.05, 0) is 6.92 Å². The molecule has 2 aliphatic rings. The van der Waals surface area contributed by atoms with Crippen molar-refractivity contribution in [2.24, 2.45) is 5.73 Å². The van der Waals surface area contributed by atoms with E-state index in [0.29, 0.717) is 31.7 Å². The Morgan fingerprint density at radius 1 is 1.07 bits per heavy atom. The maximum atomic E-state index is 12.0. The summed E-state index contributed by atoms with van der Waals surface area (Å²) in [7, 11) is 0. The summed E-state index contributed by atoms with van der Waals surface area (Å²) in [5.74, 6) is -0.260. The van der Waals surface area contributed by atoms with Gasteiger partial charge in [-0.1, -0.05) is 0 Å². The van der Waals surface area contributed by atoms with Gasteiger partial charge in [0.05, 0.1) is 6.61 Å². The monoisotopic (exact) mass is 425 g/mol. The molecule has 12 heteroatoms. The van der Waals surface area contributed by atoms with Crippen molar-refractivity contribution in [2.45, 2.75) is 19.5 Å². The Morgan fingerprint density at radius 3 is 2.13 bits per heavy atom. The number of hydrogen-bond acceptors (Lipinski definition) is 8. The van der Waals surface area contributed by atoms with Gasteiger partial charge in [-0.15, -0.1) is 0 Å². The largest absolute Gasteiger partial charge is 0.394 e. The Balaban J connectivity index is 0.000000232. The van der Waals surface area contributed by atoms with Crippen LogP contribution in [0.25, 0.3) is 0 Å². The van der Waals surface area contributed by atoms with E-state index in [4.69, 9.17) is 10.8 Å². The number of hydrogen-bond donors (Lipinski definition) is 5. The van der Waals surface area contributed by atoms with Gasteiger partial charge in [0, 0.05) is 64.1 Å². The minimum absolute atomic E-state index is 0.0313. The van der Waals surface area contributed by atoms with Crippen molar-refractivity contribution >= 4 is 11.8 Å². The van der Waals surface area contributed by atoms with E-state index >= 15 is 0 Å². The predicted octanol–water partition coefficient (Wildman–Crippen LogP) is -3.99. The topological polar surface area (TPSA) is 166 Å². The zero-order chi connectivity index (χ0) is 22.1. The third-order valence-electron chi connectivity index (χ3n) is 4.91. The van der Waals surface area contributed by atoms with Crippen LogP contribution in [0.2, 0.25) is 0 Å². The zero-order valence-electron chi connectivity index (χ0n) is 17.2. The summed E-state index contributed by atoms with van der Waals surface area (Å²) in [6.45, 7) is 7.12. The number of piperazine rings is 2. The Morgan fingerprint density at radius 2 is 1.60 bits per heavy atom. The van der Waals surface area contributed by atoms with Crippen molar-refractivity contribution in [1.29, 1.82) is 0 Å². The number of aliphatic hydroxyl groups excluding tert-OH is 1. The van der Waals surface area contributed by atoms with E-state index in [2.05, 4.69) is 15.6 Å². The molecule has 2 fully saturated rings. The number of aryl methyl sites for hydroxylation is 1. The molecule has 2 saturated heterocycles. The van der Waals surface area contributed by atoms with Crippen LogP contribution >= 0.6 is 0 Å². The van der Waals surface area contributed by atoms with Crippen molar-refractivity contribution in [3.8, 4) is 0 Å². The second-order valence-electron chi connectivity index (χ2n) is 7.19. The van der Waals surface area contributed by atoms with E-state index in [1.54, 1.807) is 16.7 Å². The number of nitrogens with zero attached hydrogens (tertiary/aromatic N) is 3. The van der Waals surface area contributed by atoms with Crippen molar-refractivity contribution in [2.75, 3.05) is 59.0 Å². The number of aromatic amines is 1. The molecule has 0 bridgehead atoms. The van der Waals surface area contributed by atoms with Crippen LogP contribution in [-0.4, -0.2) is 101 Å². The molecule has 0 aromatic carbocycles. The highest BCUT2D eigenvalue weighted by molar-refractivity contribution is 5.81. The van der Waals surface area contributed by atoms with Crippen molar-refractivity contribution in [3.63, 3.8) is 0 Å². The van der Waals surface area contributed by atoms with Crippen molar-refractivity contribution < 1.29 is 14.7 Å². The average molecular weight is 425 g/mol. The van der Waals surface area contributed by atoms with Gasteiger partial charge in [0.2, 0.25) is 11.8 Å². The van der Waals surface area contributed by atoms with Gasteiger partial charge in [-0.2, -0.15) is 0 Å². The average Bonchev–Trinajstić information content (AvgIpc) is 2.78. The molecule has 6 N–H and O–H groups in total. The summed E-state index contributed by atoms with van der Waals surface area (Å²) >= 11 is 0. The van der Waals surface area contributed by atoms with Crippen molar-refractivity contribution in [1.82, 2.24) is 30.0 Å². The lowest BCUT2D eigenvalue weighted by molar-refractivity contribution is -0.134. The predicted molar refractivity (Wildman–Crippen MR) is 110 cm³/mol. The normalized spacial score (nSPS) is 17.7. The van der Waals surface area contributed by atoms with Gasteiger partial charge in [0.1, 0.15) is 12.6 Å². The zero-order valence-corrected chi connectivity index (χ0v) is 17.2. The molecule has 30 heavy (non-hydrogen) atoms. The van der Waals surface area contributed by atoms with E-state index in [1.807, 2.05) is 0 Å². The van der Waals surface area contributed by atoms with Crippen LogP contribution in [0, 0.1) is 6.92 Å². The van der Waals surface area contributed by atoms with Crippen LogP contribution in [0.15, 0.2) is 15.8 Å². The Bertz CT molecular complexity index is 825. The van der Waals surface area contributed by atoms with Crippen molar-refractivity contribution in [3.05, 3.63) is 32.6 Å². The van der Waals surface area contributed by atoms with Gasteiger partial charge < -0.3 is 31.3 Å². The first kappa shape index (κ1) is 23.7. The quantitative estimate of drug-likeness (QED) is 0.326. The molecule has 0 spiro atoms. The molecule has 168 valence electrons. The Hall–Kier alpha value is -2.54. The highest BCUT2D eigenvalue weighted by atomic mass is 16.3. The molecule has 0 aliphatic carbocycles. The second kappa shape index (κ2) is 11.6. The standard InChI is InChI=1S/C11H16N4O3.C7H15N3O2/c1-8-6-15(11(18)13-10(8)17)7-9(16)14-4-2-12-3-5-14;8-6(5-11)7(12)10-3-1-9-2-4-10/h6,12H,2-5,7H2,1H3,(H,13,17,18);6,9,11H,1-5,8H2/t;6-/m.0/s1. The van der Waals surface area contributed by atoms with Crippen LogP contribution in [0.5, 0.6) is 0 Å². The molecule has 2 aliphatic heterocycles. The molecule has 0 radical (unpaired) electrons. The van der Waals surface area contributed by atoms with E-state index in [0.717, 1.165) is 26.2 Å². The smallest absolute Gasteiger partial charge is 0.328 e. The number of nitrogens with two attached hydrogens (primary N) is 1. The highest BCUT2D eigenvalue weighted by Crippen LogP contribution is 1.96. The molecule has 0 unspecified atom stereocenters. The Kier molecular flexibility index (Phi) is 9.17. The fraction of sp³-hybridized carbons (Fsp3) is 0.667. The lowest BCUT2D eigenvalue weighted by atomic mass is 10.2. The number of carbonyl (C=O) groups excluding carboxylic acids is 2. The molecule has 1 aromatic heterocycles. The molecular weight excluding hydrogens is 394 g/mol. The summed E-state index contributed by atoms with van der Waals surface area (Å²) in [5.41, 5.74) is 4.85. The molecule has 2 amide bonds. The summed E-state index contributed by atoms with van der Waals surface area (Å²) in [4.78, 5) is 51.6. The van der Waals surface area contributed by atoms with E-state index in [-0.39, 0.29) is 25.0 Å². The van der Waals surface area contributed by atoms with Gasteiger partial charge in [0.15, 0.2) is 0 Å². The number of aromatic nitrogens is 2. The third-order valence-corrected chi connectivity index (χ3v) is 4.91. The number of nitrogens with one attached hydrogen (secondary N) is 3. The SMILES string of the molecule is Cc1cn(CC(=O)N2CCNCC2)c(=O)[nH]c1=O.N[C@@H](CO)C(=O)N1CCNCC1. The highest BCUT2D eigenvalue weighted by Gasteiger charge is 2.21. The fourth-order valence-corrected chi connectivity index (χ4v) is 3.09. The lowest BCUT2D eigenvalue weighted by Gasteiger charge is -2.29. The van der Waals surface area contributed by atoms with Gasteiger partial charge in [-0.3, -0.25) is 23.9 Å². The van der Waals surface area contributed by atoms with Crippen LogP contribution in [0.4, 0.5) is 0 Å². The van der Waals surface area contributed by atoms with E-state index < -0.39 is 17.3 Å². The summed E-state index contributed by atoms with van der Waals surface area (Å²) in [6.07, 6.45) is 1.42. The molecule has 1 aromatic rings. The minimum atomic E-state index is -0.747. The first-order chi connectivity index (χ1) is 14.3. The molecule has 3 heterocycles. The third kappa shape index (κ3) is 6.76. The summed E-state index contributed by atoms with van der Waals surface area (Å²) in [6, 6.07) is -0.747. The second-order valence-corrected chi connectivity index (χ2v) is 7.19. The van der Waals surface area contributed by atoms with Gasteiger partial charge in [0.25, 0.3) is 5.56 Å². The Labute approximate surface area is 174 Å². The maximum absolute atomic E-state index is 12.0. The number of amides is 2. The summed E-state index contributed by atoms with van der Waals surface area (Å²) < 4.78 is 1.24. The minimum Gasteiger partial charge on any atom is -0.394 e. The van der Waals surface area contributed by atoms with Gasteiger partial charge in [-0.25, -0.2) is 4.79 Å².